The highest BCUT2D eigenvalue weighted by Gasteiger charge is 2.37. The Kier molecular flexibility index (Phi) is 6.28. The van der Waals surface area contributed by atoms with Crippen LogP contribution < -0.4 is 10.1 Å². The van der Waals surface area contributed by atoms with Crippen LogP contribution >= 0.6 is 11.3 Å². The van der Waals surface area contributed by atoms with Gasteiger partial charge in [0.1, 0.15) is 16.8 Å². The lowest BCUT2D eigenvalue weighted by atomic mass is 9.76. The molecule has 0 unspecified atom stereocenters. The molecule has 7 heteroatoms. The summed E-state index contributed by atoms with van der Waals surface area (Å²) >= 11 is 1.33. The molecule has 0 aliphatic heterocycles. The van der Waals surface area contributed by atoms with Crippen LogP contribution in [0, 0.1) is 30.1 Å². The predicted octanol–water partition coefficient (Wildman–Crippen LogP) is 4.99. The van der Waals surface area contributed by atoms with Crippen LogP contribution in [-0.2, 0) is 9.59 Å². The molecule has 1 aliphatic carbocycles. The van der Waals surface area contributed by atoms with Crippen LogP contribution in [0.5, 0.6) is 5.75 Å². The quantitative estimate of drug-likeness (QED) is 0.659. The molecule has 2 atom stereocenters. The number of allylic oxidation sites excluding steroid dienone is 2. The van der Waals surface area contributed by atoms with Crippen molar-refractivity contribution in [2.24, 2.45) is 11.8 Å². The van der Waals surface area contributed by atoms with E-state index in [1.165, 1.54) is 11.3 Å². The Morgan fingerprint density at radius 3 is 2.27 bits per heavy atom. The van der Waals surface area contributed by atoms with Crippen molar-refractivity contribution in [2.75, 3.05) is 12.4 Å². The van der Waals surface area contributed by atoms with Gasteiger partial charge in [0.05, 0.1) is 24.5 Å². The highest BCUT2D eigenvalue weighted by atomic mass is 32.1. The molecule has 2 N–H and O–H groups in total. The number of carboxylic acid groups (broad SMARTS) is 1. The van der Waals surface area contributed by atoms with Gasteiger partial charge in [-0.05, 0) is 51.3 Å². The highest BCUT2D eigenvalue weighted by molar-refractivity contribution is 7.17. The van der Waals surface area contributed by atoms with Crippen molar-refractivity contribution in [3.05, 3.63) is 45.9 Å². The number of hydrogen-bond acceptors (Lipinski definition) is 5. The van der Waals surface area contributed by atoms with Crippen molar-refractivity contribution < 1.29 is 19.4 Å². The monoisotopic (exact) mass is 424 g/mol. The maximum Gasteiger partial charge on any atom is 0.307 e. The Bertz CT molecular complexity index is 1060. The van der Waals surface area contributed by atoms with Crippen LogP contribution in [-0.4, -0.2) is 24.1 Å². The van der Waals surface area contributed by atoms with E-state index in [1.807, 2.05) is 45.0 Å². The van der Waals surface area contributed by atoms with Gasteiger partial charge >= 0.3 is 5.97 Å². The Morgan fingerprint density at radius 2 is 1.73 bits per heavy atom. The van der Waals surface area contributed by atoms with E-state index in [0.29, 0.717) is 23.4 Å². The zero-order valence-electron chi connectivity index (χ0n) is 17.4. The molecule has 0 spiro atoms. The van der Waals surface area contributed by atoms with Crippen molar-refractivity contribution in [2.45, 2.75) is 33.6 Å². The molecule has 30 heavy (non-hydrogen) atoms. The van der Waals surface area contributed by atoms with Crippen molar-refractivity contribution in [3.63, 3.8) is 0 Å². The molecule has 1 amide bonds. The number of aryl methyl sites for hydroxylation is 1. The third kappa shape index (κ3) is 4.10. The number of nitrogens with one attached hydrogen (secondary N) is 1. The number of benzene rings is 1. The summed E-state index contributed by atoms with van der Waals surface area (Å²) in [6.07, 6.45) is 0.775. The lowest BCUT2D eigenvalue weighted by molar-refractivity contribution is -0.146. The summed E-state index contributed by atoms with van der Waals surface area (Å²) in [5.41, 5.74) is 4.09. The average molecular weight is 425 g/mol. The molecule has 156 valence electrons. The van der Waals surface area contributed by atoms with E-state index in [2.05, 4.69) is 11.4 Å². The van der Waals surface area contributed by atoms with Crippen LogP contribution in [0.25, 0.3) is 11.1 Å². The maximum atomic E-state index is 13.0. The second kappa shape index (κ2) is 8.72. The van der Waals surface area contributed by atoms with Gasteiger partial charge in [0, 0.05) is 10.4 Å². The summed E-state index contributed by atoms with van der Waals surface area (Å²) in [4.78, 5) is 25.7. The number of hydrogen-bond donors (Lipinski definition) is 2. The predicted molar refractivity (Wildman–Crippen MR) is 117 cm³/mol. The second-order valence-corrected chi connectivity index (χ2v) is 8.81. The molecule has 1 aliphatic rings. The minimum Gasteiger partial charge on any atom is -0.497 e. The molecule has 3 rings (SSSR count). The average Bonchev–Trinajstić information content (AvgIpc) is 3.04. The molecule has 1 aromatic heterocycles. The Labute approximate surface area is 179 Å². The number of ether oxygens (including phenoxy) is 1. The second-order valence-electron chi connectivity index (χ2n) is 7.59. The van der Waals surface area contributed by atoms with Crippen LogP contribution in [0.2, 0.25) is 0 Å². The first-order valence-electron chi connectivity index (χ1n) is 9.63. The highest BCUT2D eigenvalue weighted by Crippen LogP contribution is 2.41. The van der Waals surface area contributed by atoms with Crippen LogP contribution in [0.1, 0.15) is 37.1 Å². The van der Waals surface area contributed by atoms with Crippen LogP contribution in [0.15, 0.2) is 35.4 Å². The number of carboxylic acids is 1. The van der Waals surface area contributed by atoms with E-state index in [9.17, 15) is 20.0 Å². The molecule has 0 saturated heterocycles. The van der Waals surface area contributed by atoms with Gasteiger partial charge in [-0.15, -0.1) is 11.3 Å². The molecule has 1 aromatic carbocycles. The summed E-state index contributed by atoms with van der Waals surface area (Å²) in [6, 6.07) is 9.60. The molecular weight excluding hydrogens is 400 g/mol. The molecule has 0 fully saturated rings. The summed E-state index contributed by atoms with van der Waals surface area (Å²) in [6.45, 7) is 5.75. The lowest BCUT2D eigenvalue weighted by Gasteiger charge is -2.29. The van der Waals surface area contributed by atoms with Crippen molar-refractivity contribution in [3.8, 4) is 22.9 Å². The van der Waals surface area contributed by atoms with E-state index in [-0.39, 0.29) is 5.91 Å². The van der Waals surface area contributed by atoms with Crippen molar-refractivity contribution in [1.29, 1.82) is 5.26 Å². The van der Waals surface area contributed by atoms with Gasteiger partial charge in [-0.3, -0.25) is 9.59 Å². The van der Waals surface area contributed by atoms with Gasteiger partial charge < -0.3 is 15.2 Å². The summed E-state index contributed by atoms with van der Waals surface area (Å²) in [5, 5.41) is 22.7. The molecule has 6 nitrogen and oxygen atoms in total. The topological polar surface area (TPSA) is 99.4 Å². The normalized spacial score (nSPS) is 18.6. The first kappa shape index (κ1) is 21.6. The number of nitrogens with zero attached hydrogens (tertiary/aromatic N) is 1. The third-order valence-corrected chi connectivity index (χ3v) is 6.75. The Morgan fingerprint density at radius 1 is 1.13 bits per heavy atom. The fraction of sp³-hybridized carbons (Fsp3) is 0.348. The summed E-state index contributed by atoms with van der Waals surface area (Å²) in [5.74, 6) is -2.03. The number of amides is 1. The molecule has 1 heterocycles. The van der Waals surface area contributed by atoms with E-state index in [1.54, 1.807) is 7.11 Å². The minimum absolute atomic E-state index is 0.353. The zero-order valence-corrected chi connectivity index (χ0v) is 18.2. The minimum atomic E-state index is -0.969. The van der Waals surface area contributed by atoms with E-state index in [0.717, 1.165) is 32.9 Å². The van der Waals surface area contributed by atoms with Gasteiger partial charge in [-0.2, -0.15) is 5.26 Å². The zero-order chi connectivity index (χ0) is 22.0. The van der Waals surface area contributed by atoms with Gasteiger partial charge in [0.25, 0.3) is 0 Å². The largest absolute Gasteiger partial charge is 0.497 e. The molecule has 0 bridgehead atoms. The Balaban J connectivity index is 1.92. The third-order valence-electron chi connectivity index (χ3n) is 5.73. The van der Waals surface area contributed by atoms with Crippen molar-refractivity contribution in [1.82, 2.24) is 0 Å². The van der Waals surface area contributed by atoms with Gasteiger partial charge in [0.15, 0.2) is 0 Å². The first-order chi connectivity index (χ1) is 14.3. The van der Waals surface area contributed by atoms with Gasteiger partial charge in [-0.1, -0.05) is 23.3 Å². The summed E-state index contributed by atoms with van der Waals surface area (Å²) in [7, 11) is 1.59. The van der Waals surface area contributed by atoms with Crippen molar-refractivity contribution >= 4 is 28.2 Å². The summed E-state index contributed by atoms with van der Waals surface area (Å²) < 4.78 is 5.19. The van der Waals surface area contributed by atoms with E-state index >= 15 is 0 Å². The van der Waals surface area contributed by atoms with Crippen LogP contribution in [0.3, 0.4) is 0 Å². The smallest absolute Gasteiger partial charge is 0.307 e. The number of rotatable bonds is 5. The maximum absolute atomic E-state index is 13.0. The van der Waals surface area contributed by atoms with Gasteiger partial charge in [0.2, 0.25) is 5.91 Å². The van der Waals surface area contributed by atoms with E-state index < -0.39 is 17.8 Å². The number of nitriles is 1. The molecule has 2 aromatic rings. The number of thiophene rings is 1. The number of carbonyl (C=O) groups is 2. The number of anilines is 1. The molecular formula is C23H24N2O4S. The molecule has 0 radical (unpaired) electrons. The number of carbonyl (C=O) groups excluding carboxylic acids is 1. The number of methoxy groups -OCH3 is 1. The standard InChI is InChI=1S/C23H24N2O4S/c1-12-9-17(18(23(27)28)10-13(12)2)21(26)25-22-19(11-24)20(14(3)30-22)15-5-7-16(29-4)8-6-15/h5-8,17-18H,9-10H2,1-4H3,(H,25,26)(H,27,28)/t17-,18+/m1/s1. The SMILES string of the molecule is COc1ccc(-c2c(C)sc(NC(=O)[C@@H]3CC(C)=C(C)C[C@@H]3C(=O)O)c2C#N)cc1. The first-order valence-corrected chi connectivity index (χ1v) is 10.4. The Hall–Kier alpha value is -3.11. The van der Waals surface area contributed by atoms with Crippen LogP contribution in [0.4, 0.5) is 5.00 Å². The molecule has 0 saturated carbocycles. The fourth-order valence-corrected chi connectivity index (χ4v) is 4.91. The fourth-order valence-electron chi connectivity index (χ4n) is 3.88. The van der Waals surface area contributed by atoms with Gasteiger partial charge in [-0.25, -0.2) is 0 Å². The number of aliphatic carboxylic acids is 1. The lowest BCUT2D eigenvalue weighted by Crippen LogP contribution is -2.36. The van der Waals surface area contributed by atoms with E-state index in [4.69, 9.17) is 4.74 Å².